The summed E-state index contributed by atoms with van der Waals surface area (Å²) in [7, 11) is 0. The number of hydrogen-bond acceptors (Lipinski definition) is 4. The number of ether oxygens (including phenoxy) is 1. The van der Waals surface area contributed by atoms with E-state index in [1.165, 1.54) is 0 Å². The second-order valence-electron chi connectivity index (χ2n) is 2.53. The highest BCUT2D eigenvalue weighted by Gasteiger charge is 2.00. The lowest BCUT2D eigenvalue weighted by molar-refractivity contribution is 0.103. The highest BCUT2D eigenvalue weighted by atomic mass is 32.2. The Morgan fingerprint density at radius 2 is 2.38 bits per heavy atom. The quantitative estimate of drug-likeness (QED) is 0.563. The Balaban J connectivity index is 2.10. The van der Waals surface area contributed by atoms with Crippen LogP contribution in [0.1, 0.15) is 5.76 Å². The maximum atomic E-state index is 8.45. The van der Waals surface area contributed by atoms with Gasteiger partial charge in [0.15, 0.2) is 0 Å². The topological polar surface area (TPSA) is 42.6 Å². The zero-order valence-electron chi connectivity index (χ0n) is 7.66. The Kier molecular flexibility index (Phi) is 4.97. The van der Waals surface area contributed by atoms with E-state index in [0.29, 0.717) is 13.2 Å². The lowest BCUT2D eigenvalue weighted by Gasteiger charge is -2.00. The van der Waals surface area contributed by atoms with Gasteiger partial charge in [0, 0.05) is 10.6 Å². The summed E-state index contributed by atoms with van der Waals surface area (Å²) in [6, 6.07) is 1.95. The molecule has 0 atom stereocenters. The van der Waals surface area contributed by atoms with E-state index in [-0.39, 0.29) is 6.61 Å². The minimum Gasteiger partial charge on any atom is -0.468 e. The molecule has 13 heavy (non-hydrogen) atoms. The molecule has 1 heterocycles. The maximum Gasteiger partial charge on any atom is 0.114 e. The molecule has 3 nitrogen and oxygen atoms in total. The van der Waals surface area contributed by atoms with Crippen molar-refractivity contribution >= 4 is 11.8 Å². The minimum atomic E-state index is 0.0927. The van der Waals surface area contributed by atoms with Crippen LogP contribution >= 0.6 is 11.8 Å². The van der Waals surface area contributed by atoms with E-state index in [1.807, 2.05) is 13.0 Å². The molecule has 0 spiro atoms. The Bertz CT molecular complexity index is 235. The molecule has 1 N–H and O–H groups in total. The molecule has 0 saturated carbocycles. The fourth-order valence-corrected chi connectivity index (χ4v) is 1.72. The SMILES string of the molecule is Cc1occc1SCCOCCO. The third-order valence-corrected chi connectivity index (χ3v) is 2.64. The van der Waals surface area contributed by atoms with Crippen LogP contribution in [-0.2, 0) is 4.74 Å². The Morgan fingerprint density at radius 1 is 1.54 bits per heavy atom. The first-order chi connectivity index (χ1) is 6.34. The lowest BCUT2D eigenvalue weighted by atomic mass is 10.5. The summed E-state index contributed by atoms with van der Waals surface area (Å²) in [6.07, 6.45) is 1.69. The Labute approximate surface area is 82.1 Å². The fourth-order valence-electron chi connectivity index (χ4n) is 0.900. The van der Waals surface area contributed by atoms with Crippen molar-refractivity contribution in [1.29, 1.82) is 0 Å². The second-order valence-corrected chi connectivity index (χ2v) is 3.66. The standard InChI is InChI=1S/C9H14O3S/c1-8-9(2-4-12-8)13-7-6-11-5-3-10/h2,4,10H,3,5-7H2,1H3. The zero-order valence-corrected chi connectivity index (χ0v) is 8.47. The number of aliphatic hydroxyl groups is 1. The molecule has 0 saturated heterocycles. The summed E-state index contributed by atoms with van der Waals surface area (Å²) in [5.74, 6) is 1.84. The third kappa shape index (κ3) is 3.85. The molecule has 0 bridgehead atoms. The molecule has 0 aliphatic rings. The van der Waals surface area contributed by atoms with Gasteiger partial charge in [-0.15, -0.1) is 11.8 Å². The van der Waals surface area contributed by atoms with Crippen LogP contribution in [0.4, 0.5) is 0 Å². The van der Waals surface area contributed by atoms with E-state index in [4.69, 9.17) is 14.3 Å². The van der Waals surface area contributed by atoms with Crippen molar-refractivity contribution < 1.29 is 14.3 Å². The first-order valence-corrected chi connectivity index (χ1v) is 5.18. The van der Waals surface area contributed by atoms with E-state index >= 15 is 0 Å². The van der Waals surface area contributed by atoms with Crippen LogP contribution in [0.5, 0.6) is 0 Å². The molecule has 4 heteroatoms. The van der Waals surface area contributed by atoms with Crippen LogP contribution < -0.4 is 0 Å². The zero-order chi connectivity index (χ0) is 9.52. The van der Waals surface area contributed by atoms with Crippen molar-refractivity contribution in [1.82, 2.24) is 0 Å². The van der Waals surface area contributed by atoms with Crippen molar-refractivity contribution in [2.75, 3.05) is 25.6 Å². The molecule has 0 aliphatic heterocycles. The van der Waals surface area contributed by atoms with Gasteiger partial charge in [-0.2, -0.15) is 0 Å². The number of aryl methyl sites for hydroxylation is 1. The third-order valence-electron chi connectivity index (χ3n) is 1.53. The fraction of sp³-hybridized carbons (Fsp3) is 0.556. The molecule has 1 rings (SSSR count). The summed E-state index contributed by atoms with van der Waals surface area (Å²) < 4.78 is 10.3. The number of aliphatic hydroxyl groups excluding tert-OH is 1. The van der Waals surface area contributed by atoms with Gasteiger partial charge < -0.3 is 14.3 Å². The second kappa shape index (κ2) is 6.07. The molecule has 1 aromatic rings. The van der Waals surface area contributed by atoms with Gasteiger partial charge in [-0.1, -0.05) is 0 Å². The van der Waals surface area contributed by atoms with Crippen molar-refractivity contribution in [3.05, 3.63) is 18.1 Å². The predicted molar refractivity (Wildman–Crippen MR) is 52.1 cm³/mol. The van der Waals surface area contributed by atoms with Crippen molar-refractivity contribution in [2.45, 2.75) is 11.8 Å². The number of rotatable bonds is 6. The molecule has 74 valence electrons. The molecule has 1 aromatic heterocycles. The molecule has 0 fully saturated rings. The van der Waals surface area contributed by atoms with Crippen molar-refractivity contribution in [3.63, 3.8) is 0 Å². The van der Waals surface area contributed by atoms with Crippen LogP contribution in [0.2, 0.25) is 0 Å². The minimum absolute atomic E-state index is 0.0927. The number of hydrogen-bond donors (Lipinski definition) is 1. The molecule has 0 amide bonds. The summed E-state index contributed by atoms with van der Waals surface area (Å²) in [5, 5.41) is 8.45. The summed E-state index contributed by atoms with van der Waals surface area (Å²) in [6.45, 7) is 3.12. The molecule has 0 aliphatic carbocycles. The van der Waals surface area contributed by atoms with Gasteiger partial charge in [0.1, 0.15) is 5.76 Å². The molecule has 0 radical (unpaired) electrons. The van der Waals surface area contributed by atoms with Gasteiger partial charge in [-0.25, -0.2) is 0 Å². The van der Waals surface area contributed by atoms with Crippen LogP contribution in [0.3, 0.4) is 0 Å². The average molecular weight is 202 g/mol. The molecular formula is C9H14O3S. The van der Waals surface area contributed by atoms with E-state index in [0.717, 1.165) is 16.4 Å². The van der Waals surface area contributed by atoms with E-state index in [2.05, 4.69) is 0 Å². The van der Waals surface area contributed by atoms with Crippen molar-refractivity contribution in [2.24, 2.45) is 0 Å². The van der Waals surface area contributed by atoms with Crippen LogP contribution in [0.25, 0.3) is 0 Å². The first kappa shape index (κ1) is 10.6. The predicted octanol–water partition coefficient (Wildman–Crippen LogP) is 1.69. The van der Waals surface area contributed by atoms with Gasteiger partial charge in [0.2, 0.25) is 0 Å². The van der Waals surface area contributed by atoms with Crippen LogP contribution in [0.15, 0.2) is 21.6 Å². The monoisotopic (exact) mass is 202 g/mol. The Hall–Kier alpha value is -0.450. The largest absolute Gasteiger partial charge is 0.468 e. The Morgan fingerprint density at radius 3 is 3.00 bits per heavy atom. The van der Waals surface area contributed by atoms with E-state index in [1.54, 1.807) is 18.0 Å². The van der Waals surface area contributed by atoms with Gasteiger partial charge in [-0.3, -0.25) is 0 Å². The van der Waals surface area contributed by atoms with Gasteiger partial charge >= 0.3 is 0 Å². The van der Waals surface area contributed by atoms with Crippen molar-refractivity contribution in [3.8, 4) is 0 Å². The van der Waals surface area contributed by atoms with Crippen LogP contribution in [0, 0.1) is 6.92 Å². The highest BCUT2D eigenvalue weighted by molar-refractivity contribution is 7.99. The van der Waals surface area contributed by atoms with Crippen LogP contribution in [-0.4, -0.2) is 30.7 Å². The maximum absolute atomic E-state index is 8.45. The average Bonchev–Trinajstić information content (AvgIpc) is 2.52. The highest BCUT2D eigenvalue weighted by Crippen LogP contribution is 2.22. The van der Waals surface area contributed by atoms with Gasteiger partial charge in [-0.05, 0) is 13.0 Å². The summed E-state index contributed by atoms with van der Waals surface area (Å²) >= 11 is 1.70. The smallest absolute Gasteiger partial charge is 0.114 e. The summed E-state index contributed by atoms with van der Waals surface area (Å²) in [4.78, 5) is 1.16. The molecule has 0 aromatic carbocycles. The summed E-state index contributed by atoms with van der Waals surface area (Å²) in [5.41, 5.74) is 0. The molecular weight excluding hydrogens is 188 g/mol. The van der Waals surface area contributed by atoms with E-state index in [9.17, 15) is 0 Å². The number of thioether (sulfide) groups is 1. The normalized spacial score (nSPS) is 10.6. The number of furan rings is 1. The lowest BCUT2D eigenvalue weighted by Crippen LogP contribution is -2.02. The van der Waals surface area contributed by atoms with Gasteiger partial charge in [0.05, 0.1) is 26.1 Å². The first-order valence-electron chi connectivity index (χ1n) is 4.20. The van der Waals surface area contributed by atoms with Gasteiger partial charge in [0.25, 0.3) is 0 Å². The van der Waals surface area contributed by atoms with E-state index < -0.39 is 0 Å². The molecule has 0 unspecified atom stereocenters.